The highest BCUT2D eigenvalue weighted by molar-refractivity contribution is 5.47. The van der Waals surface area contributed by atoms with E-state index in [1.807, 2.05) is 26.0 Å². The number of nitrogens with two attached hydrogens (primary N) is 1. The van der Waals surface area contributed by atoms with Crippen LogP contribution in [0.4, 0.5) is 0 Å². The van der Waals surface area contributed by atoms with E-state index in [1.165, 1.54) is 5.56 Å². The first-order valence-corrected chi connectivity index (χ1v) is 5.85. The van der Waals surface area contributed by atoms with Crippen LogP contribution in [0, 0.1) is 5.92 Å². The summed E-state index contributed by atoms with van der Waals surface area (Å²) in [6, 6.07) is 6.22. The Morgan fingerprint density at radius 1 is 1.56 bits per heavy atom. The topological polar surface area (TPSA) is 44.5 Å². The second-order valence-electron chi connectivity index (χ2n) is 4.31. The van der Waals surface area contributed by atoms with Crippen LogP contribution in [0.5, 0.6) is 11.5 Å². The van der Waals surface area contributed by atoms with E-state index in [2.05, 4.69) is 6.07 Å². The largest absolute Gasteiger partial charge is 0.490 e. The number of ether oxygens (including phenoxy) is 2. The van der Waals surface area contributed by atoms with E-state index in [1.54, 1.807) is 0 Å². The Balaban J connectivity index is 2.23. The van der Waals surface area contributed by atoms with Crippen LogP contribution in [0.1, 0.15) is 19.4 Å². The van der Waals surface area contributed by atoms with E-state index in [9.17, 15) is 0 Å². The van der Waals surface area contributed by atoms with Crippen molar-refractivity contribution < 1.29 is 9.47 Å². The molecule has 0 fully saturated rings. The van der Waals surface area contributed by atoms with Gasteiger partial charge in [-0.3, -0.25) is 0 Å². The molecule has 0 spiro atoms. The maximum atomic E-state index is 5.91. The van der Waals surface area contributed by atoms with Crippen molar-refractivity contribution in [2.24, 2.45) is 11.7 Å². The Bertz CT molecular complexity index is 363. The Hall–Kier alpha value is -1.22. The lowest BCUT2D eigenvalue weighted by atomic mass is 9.91. The van der Waals surface area contributed by atoms with Gasteiger partial charge in [-0.1, -0.05) is 12.1 Å². The fraction of sp³-hybridized carbons (Fsp3) is 0.538. The molecular weight excluding hydrogens is 202 g/mol. The van der Waals surface area contributed by atoms with Crippen LogP contribution in [0.3, 0.4) is 0 Å². The predicted molar refractivity (Wildman–Crippen MR) is 63.9 cm³/mol. The maximum Gasteiger partial charge on any atom is 0.164 e. The van der Waals surface area contributed by atoms with Crippen LogP contribution in [-0.2, 0) is 6.42 Å². The molecular formula is C13H19NO2. The Morgan fingerprint density at radius 3 is 3.06 bits per heavy atom. The van der Waals surface area contributed by atoms with Gasteiger partial charge in [-0.05, 0) is 31.9 Å². The molecule has 0 radical (unpaired) electrons. The zero-order chi connectivity index (χ0) is 11.5. The van der Waals surface area contributed by atoms with Gasteiger partial charge in [0.25, 0.3) is 0 Å². The van der Waals surface area contributed by atoms with Crippen LogP contribution >= 0.6 is 0 Å². The predicted octanol–water partition coefficient (Wildman–Crippen LogP) is 1.98. The zero-order valence-corrected chi connectivity index (χ0v) is 9.90. The molecule has 0 amide bonds. The third kappa shape index (κ3) is 2.14. The third-order valence-corrected chi connectivity index (χ3v) is 3.03. The van der Waals surface area contributed by atoms with Gasteiger partial charge in [0.2, 0.25) is 0 Å². The van der Waals surface area contributed by atoms with Crippen molar-refractivity contribution in [2.75, 3.05) is 13.2 Å². The minimum atomic E-state index is 0.170. The Morgan fingerprint density at radius 2 is 2.38 bits per heavy atom. The van der Waals surface area contributed by atoms with Gasteiger partial charge in [-0.2, -0.15) is 0 Å². The highest BCUT2D eigenvalue weighted by atomic mass is 16.5. The van der Waals surface area contributed by atoms with E-state index in [0.717, 1.165) is 17.9 Å². The molecule has 1 aromatic rings. The summed E-state index contributed by atoms with van der Waals surface area (Å²) < 4.78 is 11.3. The number of para-hydroxylation sites is 1. The molecule has 16 heavy (non-hydrogen) atoms. The molecule has 0 aliphatic carbocycles. The van der Waals surface area contributed by atoms with Crippen molar-refractivity contribution in [3.63, 3.8) is 0 Å². The lowest BCUT2D eigenvalue weighted by Crippen LogP contribution is -2.35. The number of hydrogen-bond donors (Lipinski definition) is 1. The molecule has 1 heterocycles. The van der Waals surface area contributed by atoms with Crippen LogP contribution in [0.25, 0.3) is 0 Å². The Labute approximate surface area is 96.5 Å². The average Bonchev–Trinajstić information content (AvgIpc) is 2.29. The van der Waals surface area contributed by atoms with E-state index in [4.69, 9.17) is 15.2 Å². The minimum absolute atomic E-state index is 0.170. The molecule has 3 heteroatoms. The first kappa shape index (κ1) is 11.3. The van der Waals surface area contributed by atoms with Crippen LogP contribution < -0.4 is 15.2 Å². The molecule has 3 nitrogen and oxygen atoms in total. The summed E-state index contributed by atoms with van der Waals surface area (Å²) in [6.45, 7) is 5.36. The van der Waals surface area contributed by atoms with E-state index in [0.29, 0.717) is 19.1 Å². The smallest absolute Gasteiger partial charge is 0.164 e. The maximum absolute atomic E-state index is 5.91. The number of fused-ring (bicyclic) bond motifs is 1. The van der Waals surface area contributed by atoms with Crippen molar-refractivity contribution in [3.8, 4) is 11.5 Å². The molecule has 1 aliphatic rings. The second-order valence-corrected chi connectivity index (χ2v) is 4.31. The normalized spacial score (nSPS) is 20.8. The van der Waals surface area contributed by atoms with Crippen molar-refractivity contribution in [1.82, 2.24) is 0 Å². The average molecular weight is 221 g/mol. The summed E-state index contributed by atoms with van der Waals surface area (Å²) in [6.07, 6.45) is 0.980. The van der Waals surface area contributed by atoms with Crippen molar-refractivity contribution in [2.45, 2.75) is 26.3 Å². The summed E-state index contributed by atoms with van der Waals surface area (Å²) in [7, 11) is 0. The molecule has 2 rings (SSSR count). The van der Waals surface area contributed by atoms with Crippen LogP contribution in [0.2, 0.25) is 0 Å². The zero-order valence-electron chi connectivity index (χ0n) is 9.90. The van der Waals surface area contributed by atoms with Crippen molar-refractivity contribution >= 4 is 0 Å². The fourth-order valence-corrected chi connectivity index (χ4v) is 2.02. The van der Waals surface area contributed by atoms with Gasteiger partial charge < -0.3 is 15.2 Å². The van der Waals surface area contributed by atoms with Gasteiger partial charge in [0.1, 0.15) is 0 Å². The van der Waals surface area contributed by atoms with Gasteiger partial charge in [-0.25, -0.2) is 0 Å². The molecule has 88 valence electrons. The third-order valence-electron chi connectivity index (χ3n) is 3.03. The number of rotatable bonds is 3. The lowest BCUT2D eigenvalue weighted by molar-refractivity contribution is 0.192. The van der Waals surface area contributed by atoms with Crippen LogP contribution in [-0.4, -0.2) is 19.3 Å². The number of hydrogen-bond acceptors (Lipinski definition) is 3. The first-order chi connectivity index (χ1) is 7.72. The minimum Gasteiger partial charge on any atom is -0.490 e. The lowest BCUT2D eigenvalue weighted by Gasteiger charge is -2.28. The molecule has 0 bridgehead atoms. The van der Waals surface area contributed by atoms with Crippen molar-refractivity contribution in [3.05, 3.63) is 23.8 Å². The van der Waals surface area contributed by atoms with E-state index < -0.39 is 0 Å². The molecule has 2 atom stereocenters. The highest BCUT2D eigenvalue weighted by Gasteiger charge is 2.24. The highest BCUT2D eigenvalue weighted by Crippen LogP contribution is 2.36. The first-order valence-electron chi connectivity index (χ1n) is 5.85. The summed E-state index contributed by atoms with van der Waals surface area (Å²) in [5.41, 5.74) is 7.12. The van der Waals surface area contributed by atoms with Crippen LogP contribution in [0.15, 0.2) is 18.2 Å². The van der Waals surface area contributed by atoms with Gasteiger partial charge >= 0.3 is 0 Å². The van der Waals surface area contributed by atoms with Crippen molar-refractivity contribution in [1.29, 1.82) is 0 Å². The van der Waals surface area contributed by atoms with Gasteiger partial charge in [0.05, 0.1) is 13.2 Å². The summed E-state index contributed by atoms with van der Waals surface area (Å²) >= 11 is 0. The molecule has 0 saturated heterocycles. The standard InChI is InChI=1S/C13H19NO2/c1-3-15-12-6-4-5-10-7-11(9(2)14)8-16-13(10)12/h4-6,9,11H,3,7-8,14H2,1-2H3/t9-,11?/m0/s1. The molecule has 0 saturated carbocycles. The molecule has 2 N–H and O–H groups in total. The van der Waals surface area contributed by atoms with Gasteiger partial charge in [-0.15, -0.1) is 0 Å². The quantitative estimate of drug-likeness (QED) is 0.849. The van der Waals surface area contributed by atoms with Gasteiger partial charge in [0, 0.05) is 12.0 Å². The fourth-order valence-electron chi connectivity index (χ4n) is 2.02. The number of benzene rings is 1. The van der Waals surface area contributed by atoms with E-state index >= 15 is 0 Å². The molecule has 1 aromatic carbocycles. The summed E-state index contributed by atoms with van der Waals surface area (Å²) in [5, 5.41) is 0. The Kier molecular flexibility index (Phi) is 3.34. The SMILES string of the molecule is CCOc1cccc2c1OCC([C@H](C)N)C2. The van der Waals surface area contributed by atoms with Gasteiger partial charge in [0.15, 0.2) is 11.5 Å². The summed E-state index contributed by atoms with van der Waals surface area (Å²) in [5.74, 6) is 2.16. The van der Waals surface area contributed by atoms with E-state index in [-0.39, 0.29) is 6.04 Å². The molecule has 1 aliphatic heterocycles. The monoisotopic (exact) mass is 221 g/mol. The second kappa shape index (κ2) is 4.74. The summed E-state index contributed by atoms with van der Waals surface area (Å²) in [4.78, 5) is 0. The molecule has 1 unspecified atom stereocenters. The molecule has 0 aromatic heterocycles.